The first kappa shape index (κ1) is 24.2. The molecule has 37 heavy (non-hydrogen) atoms. The van der Waals surface area contributed by atoms with Gasteiger partial charge in [0.1, 0.15) is 5.82 Å². The average molecular weight is 513 g/mol. The van der Waals surface area contributed by atoms with Crippen molar-refractivity contribution in [2.24, 2.45) is 0 Å². The van der Waals surface area contributed by atoms with Crippen molar-refractivity contribution in [3.63, 3.8) is 0 Å². The van der Waals surface area contributed by atoms with E-state index in [4.69, 9.17) is 11.6 Å². The van der Waals surface area contributed by atoms with E-state index in [1.807, 2.05) is 41.0 Å². The lowest BCUT2D eigenvalue weighted by Gasteiger charge is -2.11. The van der Waals surface area contributed by atoms with Crippen LogP contribution < -0.4 is 10.6 Å². The van der Waals surface area contributed by atoms with E-state index in [0.717, 1.165) is 11.1 Å². The molecule has 4 aromatic carbocycles. The lowest BCUT2D eigenvalue weighted by Crippen LogP contribution is -2.24. The number of hydrogen-bond acceptors (Lipinski definition) is 3. The second kappa shape index (κ2) is 10.6. The Labute approximate surface area is 217 Å². The molecule has 0 saturated carbocycles. The Kier molecular flexibility index (Phi) is 6.96. The molecule has 2 N–H and O–H groups in total. The summed E-state index contributed by atoms with van der Waals surface area (Å²) in [5, 5.41) is 5.68. The first-order chi connectivity index (χ1) is 18.0. The number of rotatable bonds is 7. The third-order valence-corrected chi connectivity index (χ3v) is 6.27. The van der Waals surface area contributed by atoms with Crippen LogP contribution >= 0.6 is 11.6 Å². The van der Waals surface area contributed by atoms with Crippen molar-refractivity contribution in [2.45, 2.75) is 13.1 Å². The largest absolute Gasteiger partial charge is 0.348 e. The van der Waals surface area contributed by atoms with E-state index >= 15 is 0 Å². The number of fused-ring (bicyclic) bond motifs is 1. The Bertz CT molecular complexity index is 1600. The summed E-state index contributed by atoms with van der Waals surface area (Å²) in [4.78, 5) is 30.1. The van der Waals surface area contributed by atoms with Gasteiger partial charge in [-0.1, -0.05) is 60.1 Å². The minimum Gasteiger partial charge on any atom is -0.348 e. The number of nitrogens with zero attached hydrogens (tertiary/aromatic N) is 2. The van der Waals surface area contributed by atoms with Crippen LogP contribution in [0.15, 0.2) is 97.3 Å². The molecule has 0 aliphatic heterocycles. The molecular weight excluding hydrogens is 491 g/mol. The lowest BCUT2D eigenvalue weighted by molar-refractivity contribution is 0.0949. The van der Waals surface area contributed by atoms with Gasteiger partial charge in [-0.2, -0.15) is 0 Å². The third kappa shape index (κ3) is 5.52. The van der Waals surface area contributed by atoms with Crippen LogP contribution in [0.5, 0.6) is 0 Å². The van der Waals surface area contributed by atoms with Crippen molar-refractivity contribution in [3.8, 4) is 0 Å². The predicted molar refractivity (Wildman–Crippen MR) is 142 cm³/mol. The summed E-state index contributed by atoms with van der Waals surface area (Å²) in [6, 6.07) is 26.2. The molecule has 0 radical (unpaired) electrons. The summed E-state index contributed by atoms with van der Waals surface area (Å²) in [6.45, 7) is 0.685. The molecule has 5 aromatic rings. The Morgan fingerprint density at radius 2 is 1.68 bits per heavy atom. The number of nitrogens with one attached hydrogen (secondary N) is 2. The van der Waals surface area contributed by atoms with E-state index in [-0.39, 0.29) is 23.0 Å². The maximum atomic E-state index is 13.9. The first-order valence-electron chi connectivity index (χ1n) is 11.6. The average Bonchev–Trinajstić information content (AvgIpc) is 3.31. The van der Waals surface area contributed by atoms with Crippen molar-refractivity contribution in [1.82, 2.24) is 14.9 Å². The fourth-order valence-electron chi connectivity index (χ4n) is 4.00. The highest BCUT2D eigenvalue weighted by molar-refractivity contribution is 6.34. The van der Waals surface area contributed by atoms with Gasteiger partial charge in [0.05, 0.1) is 27.9 Å². The van der Waals surface area contributed by atoms with Gasteiger partial charge in [0, 0.05) is 29.9 Å². The van der Waals surface area contributed by atoms with Crippen molar-refractivity contribution < 1.29 is 14.0 Å². The van der Waals surface area contributed by atoms with Crippen LogP contribution in [0, 0.1) is 5.82 Å². The summed E-state index contributed by atoms with van der Waals surface area (Å²) in [5.74, 6) is -1.23. The molecule has 2 amide bonds. The predicted octanol–water partition coefficient (Wildman–Crippen LogP) is 6.06. The minimum atomic E-state index is -0.477. The molecule has 5 rings (SSSR count). The summed E-state index contributed by atoms with van der Waals surface area (Å²) in [5.41, 5.74) is 4.13. The maximum Gasteiger partial charge on any atom is 0.255 e. The second-order valence-corrected chi connectivity index (χ2v) is 8.89. The van der Waals surface area contributed by atoms with Gasteiger partial charge < -0.3 is 15.2 Å². The number of carbonyl (C=O) groups excluding carboxylic acids is 2. The Morgan fingerprint density at radius 3 is 2.49 bits per heavy atom. The molecule has 8 heteroatoms. The quantitative estimate of drug-likeness (QED) is 0.278. The van der Waals surface area contributed by atoms with E-state index in [2.05, 4.69) is 15.6 Å². The Balaban J connectivity index is 1.29. The molecule has 0 aliphatic carbocycles. The maximum absolute atomic E-state index is 13.9. The second-order valence-electron chi connectivity index (χ2n) is 8.48. The van der Waals surface area contributed by atoms with Gasteiger partial charge in [-0.25, -0.2) is 9.37 Å². The van der Waals surface area contributed by atoms with Crippen molar-refractivity contribution in [3.05, 3.63) is 130 Å². The molecule has 1 aromatic heterocycles. The number of hydrogen-bond donors (Lipinski definition) is 2. The highest BCUT2D eigenvalue weighted by Gasteiger charge is 2.15. The molecule has 0 saturated heterocycles. The zero-order valence-corrected chi connectivity index (χ0v) is 20.4. The summed E-state index contributed by atoms with van der Waals surface area (Å²) < 4.78 is 15.9. The van der Waals surface area contributed by atoms with Gasteiger partial charge in [-0.05, 0) is 48.0 Å². The Morgan fingerprint density at radius 1 is 0.892 bits per heavy atom. The van der Waals surface area contributed by atoms with Crippen molar-refractivity contribution in [2.75, 3.05) is 5.32 Å². The van der Waals surface area contributed by atoms with Crippen LogP contribution in [0.3, 0.4) is 0 Å². The Hall–Kier alpha value is -4.49. The molecule has 0 aliphatic rings. The van der Waals surface area contributed by atoms with Crippen molar-refractivity contribution in [1.29, 1.82) is 0 Å². The smallest absolute Gasteiger partial charge is 0.255 e. The van der Waals surface area contributed by atoms with Gasteiger partial charge in [0.2, 0.25) is 0 Å². The molecule has 0 fully saturated rings. The van der Waals surface area contributed by atoms with E-state index in [1.165, 1.54) is 18.2 Å². The van der Waals surface area contributed by atoms with Crippen LogP contribution in [-0.4, -0.2) is 21.4 Å². The molecule has 184 valence electrons. The van der Waals surface area contributed by atoms with E-state index in [1.54, 1.807) is 42.7 Å². The van der Waals surface area contributed by atoms with E-state index in [9.17, 15) is 14.0 Å². The summed E-state index contributed by atoms with van der Waals surface area (Å²) >= 11 is 6.23. The van der Waals surface area contributed by atoms with Crippen LogP contribution in [0.2, 0.25) is 5.02 Å². The zero-order valence-electron chi connectivity index (χ0n) is 19.6. The molecule has 1 heterocycles. The fraction of sp³-hybridized carbons (Fsp3) is 0.0690. The fourth-order valence-corrected chi connectivity index (χ4v) is 4.21. The topological polar surface area (TPSA) is 76.0 Å². The number of imidazole rings is 1. The van der Waals surface area contributed by atoms with Gasteiger partial charge in [0.25, 0.3) is 11.8 Å². The van der Waals surface area contributed by atoms with Crippen LogP contribution in [0.4, 0.5) is 10.1 Å². The number of halogens is 2. The number of carbonyl (C=O) groups is 2. The monoisotopic (exact) mass is 512 g/mol. The molecule has 0 bridgehead atoms. The molecular formula is C29H22ClFN4O2. The van der Waals surface area contributed by atoms with Gasteiger partial charge >= 0.3 is 0 Å². The van der Waals surface area contributed by atoms with Gasteiger partial charge in [0.15, 0.2) is 0 Å². The standard InChI is InChI=1S/C29H22ClFN4O2/c30-24-12-11-22(15-23(24)29(37)32-16-21-8-4-5-9-25(21)31)34-28(36)20-10-13-27-26(14-20)33-18-35(27)17-19-6-2-1-3-7-19/h1-15,18H,16-17H2,(H,32,37)(H,34,36). The molecule has 0 unspecified atom stereocenters. The lowest BCUT2D eigenvalue weighted by atomic mass is 10.1. The summed E-state index contributed by atoms with van der Waals surface area (Å²) in [6.07, 6.45) is 1.75. The van der Waals surface area contributed by atoms with E-state index in [0.29, 0.717) is 28.9 Å². The normalized spacial score (nSPS) is 10.9. The third-order valence-electron chi connectivity index (χ3n) is 5.95. The number of aromatic nitrogens is 2. The first-order valence-corrected chi connectivity index (χ1v) is 12.0. The van der Waals surface area contributed by atoms with Crippen LogP contribution in [0.25, 0.3) is 11.0 Å². The molecule has 6 nitrogen and oxygen atoms in total. The highest BCUT2D eigenvalue weighted by Crippen LogP contribution is 2.22. The van der Waals surface area contributed by atoms with Crippen LogP contribution in [-0.2, 0) is 13.1 Å². The number of benzene rings is 4. The van der Waals surface area contributed by atoms with Crippen LogP contribution in [0.1, 0.15) is 31.8 Å². The SMILES string of the molecule is O=C(Nc1ccc(Cl)c(C(=O)NCc2ccccc2F)c1)c1ccc2c(c1)ncn2Cc1ccccc1. The molecule has 0 atom stereocenters. The number of amides is 2. The zero-order chi connectivity index (χ0) is 25.8. The molecule has 0 spiro atoms. The van der Waals surface area contributed by atoms with Gasteiger partial charge in [-0.15, -0.1) is 0 Å². The highest BCUT2D eigenvalue weighted by atomic mass is 35.5. The summed E-state index contributed by atoms with van der Waals surface area (Å²) in [7, 11) is 0. The number of anilines is 1. The van der Waals surface area contributed by atoms with E-state index < -0.39 is 11.7 Å². The minimum absolute atomic E-state index is 0.00928. The van der Waals surface area contributed by atoms with Gasteiger partial charge in [-0.3, -0.25) is 9.59 Å². The van der Waals surface area contributed by atoms with Crippen molar-refractivity contribution >= 4 is 40.1 Å².